The van der Waals surface area contributed by atoms with Gasteiger partial charge in [-0.25, -0.2) is 0 Å². The van der Waals surface area contributed by atoms with Crippen molar-refractivity contribution >= 4 is 147 Å². The van der Waals surface area contributed by atoms with E-state index in [1.807, 2.05) is 27.7 Å². The first kappa shape index (κ1) is 105. The molecule has 1 heterocycles. The number of nitrogens with one attached hydrogen (secondary N) is 6. The molecule has 0 bridgehead atoms. The molecule has 1 aliphatic rings. The molecule has 1 saturated heterocycles. The summed E-state index contributed by atoms with van der Waals surface area (Å²) in [6, 6.07) is -11.7. The van der Waals surface area contributed by atoms with Gasteiger partial charge in [0, 0.05) is 152 Å². The molecule has 17 N–H and O–H groups in total. The predicted molar refractivity (Wildman–Crippen MR) is 410 cm³/mol. The van der Waals surface area contributed by atoms with E-state index < -0.39 is 356 Å². The van der Waals surface area contributed by atoms with Gasteiger partial charge in [-0.3, -0.25) is 110 Å². The first-order chi connectivity index (χ1) is 55.2. The fourth-order valence-electron chi connectivity index (χ4n) is 12.7. The normalized spacial score (nSPS) is 15.3. The van der Waals surface area contributed by atoms with E-state index in [-0.39, 0.29) is 69.3 Å². The molecule has 42 heteroatoms. The van der Waals surface area contributed by atoms with Crippen LogP contribution >= 0.6 is 11.8 Å². The van der Waals surface area contributed by atoms with Gasteiger partial charge in [0.25, 0.3) is 0 Å². The molecule has 1 aliphatic heterocycles. The van der Waals surface area contributed by atoms with E-state index in [0.717, 1.165) is 0 Å². The standard InChI is InChI=1S/C76H114N8O33S/c1-40(2)32-51(55(86)19-20-61(92)78-52(39-118-5)57(88)33-41(3)4)83-76(116)53-8-6-30-84(53)62(93)38-117-31-7-9-54(85)47(15-26-68(104)105)79-73(113)43(11-22-64(96)97)35-58(89)49(17-28-70(108)109)81-75(115)45(13-24-66(100)101)37-60(91)50(18-29-71(110)111)82-74(114)44(12-23-65(98)99)36-59(90)48(16-27-69(106)107)80-72(112)42(10-21-63(94)95)34-56(87)46(77)14-25-67(102)103/h40-53H,6-39,77H2,1-5H3,(H,78,92)(H,79,113)(H,80,112)(H,81,115)(H,82,114)(H,83,116)(H,94,95)(H,96,97)(H,98,99)(H,100,101)(H,102,103)(H,104,105)(H,106,107)(H,108,109)(H,110,111)/t42-,43-,44-,45-,46+,47+,48+,49+,50+,51-,52-,53-/m0/s1. The third-order valence-corrected chi connectivity index (χ3v) is 19.7. The van der Waals surface area contributed by atoms with Crippen molar-refractivity contribution in [3.05, 3.63) is 0 Å². The molecule has 662 valence electrons. The van der Waals surface area contributed by atoms with Crippen molar-refractivity contribution < 1.29 is 161 Å². The van der Waals surface area contributed by atoms with Crippen molar-refractivity contribution in [3.8, 4) is 0 Å². The number of nitrogens with zero attached hydrogens (tertiary/aromatic N) is 1. The van der Waals surface area contributed by atoms with Gasteiger partial charge < -0.3 is 93.2 Å². The molecule has 118 heavy (non-hydrogen) atoms. The van der Waals surface area contributed by atoms with E-state index >= 15 is 0 Å². The molecule has 0 unspecified atom stereocenters. The monoisotopic (exact) mass is 1700 g/mol. The topological polar surface area (TPSA) is 685 Å². The zero-order chi connectivity index (χ0) is 89.6. The van der Waals surface area contributed by atoms with Crippen LogP contribution in [0.1, 0.15) is 220 Å². The molecule has 41 nitrogen and oxygen atoms in total. The average molecular weight is 1700 g/mol. The van der Waals surface area contributed by atoms with Crippen molar-refractivity contribution in [1.29, 1.82) is 0 Å². The molecular weight excluding hydrogens is 1580 g/mol. The number of carbonyl (C=O) groups excluding carboxylic acids is 14. The summed E-state index contributed by atoms with van der Waals surface area (Å²) < 4.78 is 5.58. The zero-order valence-corrected chi connectivity index (χ0v) is 67.7. The second-order valence-electron chi connectivity index (χ2n) is 29.9. The van der Waals surface area contributed by atoms with Crippen LogP contribution in [-0.4, -0.2) is 267 Å². The van der Waals surface area contributed by atoms with Crippen LogP contribution in [0.2, 0.25) is 0 Å². The smallest absolute Gasteiger partial charge is 0.303 e. The third kappa shape index (κ3) is 44.7. The maximum atomic E-state index is 14.4. The number of hydrogen-bond acceptors (Lipinski definition) is 26. The van der Waals surface area contributed by atoms with Gasteiger partial charge >= 0.3 is 53.7 Å². The number of ether oxygens (including phenoxy) is 1. The van der Waals surface area contributed by atoms with E-state index in [4.69, 9.17) is 15.6 Å². The van der Waals surface area contributed by atoms with Crippen molar-refractivity contribution in [1.82, 2.24) is 36.8 Å². The first-order valence-electron chi connectivity index (χ1n) is 38.8. The number of carboxylic acids is 9. The summed E-state index contributed by atoms with van der Waals surface area (Å²) in [6.45, 7) is 6.63. The zero-order valence-electron chi connectivity index (χ0n) is 66.9. The molecule has 0 aliphatic carbocycles. The summed E-state index contributed by atoms with van der Waals surface area (Å²) in [4.78, 5) is 300. The van der Waals surface area contributed by atoms with Crippen LogP contribution in [0.4, 0.5) is 0 Å². The number of hydrogen-bond donors (Lipinski definition) is 16. The molecule has 12 atom stereocenters. The average Bonchev–Trinajstić information content (AvgIpc) is 1.68. The Labute approximate surface area is 684 Å². The van der Waals surface area contributed by atoms with Crippen LogP contribution in [0, 0.1) is 35.5 Å². The van der Waals surface area contributed by atoms with Gasteiger partial charge in [0.1, 0.15) is 18.4 Å². The molecule has 1 fully saturated rings. The lowest BCUT2D eigenvalue weighted by atomic mass is 9.88. The second-order valence-corrected chi connectivity index (χ2v) is 30.8. The number of carboxylic acid groups (broad SMARTS) is 9. The number of nitrogens with two attached hydrogens (primary N) is 1. The summed E-state index contributed by atoms with van der Waals surface area (Å²) >= 11 is 1.37. The highest BCUT2D eigenvalue weighted by molar-refractivity contribution is 7.98. The Kier molecular flexibility index (Phi) is 50.0. The highest BCUT2D eigenvalue weighted by Gasteiger charge is 2.40. The van der Waals surface area contributed by atoms with Crippen LogP contribution in [0.3, 0.4) is 0 Å². The first-order valence-corrected chi connectivity index (χ1v) is 40.2. The fraction of sp³-hybridized carbons (Fsp3) is 0.697. The SMILES string of the molecule is CSC[C@H](NC(=O)CCC(=O)[C@H](CC(C)C)NC(=O)[C@@H]1CCCN1C(=O)COCCCC(=O)[C@@H](CCC(=O)O)NC(=O)[C@@H](CCC(=O)O)CC(=O)[C@@H](CCC(=O)O)NC(=O)[C@@H](CCC(=O)O)CC(=O)[C@@H](CCC(=O)O)NC(=O)[C@@H](CCC(=O)O)CC(=O)[C@@H](CCC(=O)O)NC(=O)[C@@H](CCC(=O)O)CC(=O)[C@H](N)CCC(=O)O)C(=O)CC(C)C. The Morgan fingerprint density at radius 1 is 0.373 bits per heavy atom. The summed E-state index contributed by atoms with van der Waals surface area (Å²) in [5.41, 5.74) is 5.81. The minimum atomic E-state index is -2.00. The van der Waals surface area contributed by atoms with Crippen molar-refractivity contribution in [2.24, 2.45) is 41.2 Å². The minimum Gasteiger partial charge on any atom is -0.481 e. The highest BCUT2D eigenvalue weighted by atomic mass is 32.2. The van der Waals surface area contributed by atoms with E-state index in [1.165, 1.54) is 16.7 Å². The summed E-state index contributed by atoms with van der Waals surface area (Å²) in [5.74, 6) is -33.0. The largest absolute Gasteiger partial charge is 0.481 e. The lowest BCUT2D eigenvalue weighted by molar-refractivity contribution is -0.142. The Hall–Kier alpha value is -10.5. The van der Waals surface area contributed by atoms with Gasteiger partial charge in [-0.15, -0.1) is 0 Å². The number of likely N-dealkylation sites (tertiary alicyclic amines) is 1. The predicted octanol–water partition coefficient (Wildman–Crippen LogP) is 1.04. The number of Topliss-reactive ketones (excluding diaryl/α,β-unsaturated/α-hetero) is 7. The molecule has 0 aromatic rings. The molecule has 0 radical (unpaired) electrons. The minimum absolute atomic E-state index is 0.0595. The Morgan fingerprint density at radius 2 is 0.703 bits per heavy atom. The van der Waals surface area contributed by atoms with Crippen LogP contribution in [0.25, 0.3) is 0 Å². The maximum absolute atomic E-state index is 14.4. The lowest BCUT2D eigenvalue weighted by Gasteiger charge is -2.27. The molecule has 0 aromatic carbocycles. The maximum Gasteiger partial charge on any atom is 0.303 e. The number of amides is 7. The van der Waals surface area contributed by atoms with Crippen LogP contribution < -0.4 is 37.6 Å². The van der Waals surface area contributed by atoms with Crippen molar-refractivity contribution in [3.63, 3.8) is 0 Å². The Morgan fingerprint density at radius 3 is 1.05 bits per heavy atom. The molecule has 7 amide bonds. The van der Waals surface area contributed by atoms with E-state index in [2.05, 4.69) is 31.9 Å². The van der Waals surface area contributed by atoms with Crippen molar-refractivity contribution in [2.45, 2.75) is 269 Å². The van der Waals surface area contributed by atoms with Gasteiger partial charge in [0.05, 0.1) is 42.3 Å². The van der Waals surface area contributed by atoms with Crippen LogP contribution in [0.5, 0.6) is 0 Å². The van der Waals surface area contributed by atoms with Gasteiger partial charge in [0.15, 0.2) is 34.7 Å². The van der Waals surface area contributed by atoms with E-state index in [9.17, 15) is 151 Å². The Bertz CT molecular complexity index is 3570. The van der Waals surface area contributed by atoms with Crippen LogP contribution in [0.15, 0.2) is 0 Å². The second kappa shape index (κ2) is 56.0. The van der Waals surface area contributed by atoms with Gasteiger partial charge in [-0.05, 0) is 102 Å². The summed E-state index contributed by atoms with van der Waals surface area (Å²) in [6.07, 6.45) is -15.8. The molecule has 1 rings (SSSR count). The number of rotatable bonds is 68. The third-order valence-electron chi connectivity index (χ3n) is 19.1. The highest BCUT2D eigenvalue weighted by Crippen LogP contribution is 2.25. The summed E-state index contributed by atoms with van der Waals surface area (Å²) in [5, 5.41) is 100. The lowest BCUT2D eigenvalue weighted by Crippen LogP contribution is -2.52. The van der Waals surface area contributed by atoms with Crippen molar-refractivity contribution in [2.75, 3.05) is 31.8 Å². The number of thioether (sulfide) groups is 1. The van der Waals surface area contributed by atoms with E-state index in [1.54, 1.807) is 6.26 Å². The summed E-state index contributed by atoms with van der Waals surface area (Å²) in [7, 11) is 0. The molecule has 0 saturated carbocycles. The number of ketones is 7. The quantitative estimate of drug-likeness (QED) is 0.0378. The molecular formula is C76H114N8O33S. The number of aliphatic carboxylic acids is 9. The Balaban J connectivity index is 3.52. The van der Waals surface area contributed by atoms with Gasteiger partial charge in [-0.2, -0.15) is 11.8 Å². The van der Waals surface area contributed by atoms with Gasteiger partial charge in [-0.1, -0.05) is 27.7 Å². The van der Waals surface area contributed by atoms with Gasteiger partial charge in [0.2, 0.25) is 41.4 Å². The van der Waals surface area contributed by atoms with Crippen LogP contribution in [-0.2, 0) is 115 Å². The fourth-order valence-corrected chi connectivity index (χ4v) is 13.3. The molecule has 0 spiro atoms. The number of carbonyl (C=O) groups is 23. The molecule has 0 aromatic heterocycles. The van der Waals surface area contributed by atoms with E-state index in [0.29, 0.717) is 12.2 Å².